The summed E-state index contributed by atoms with van der Waals surface area (Å²) in [5, 5.41) is 0. The van der Waals surface area contributed by atoms with Crippen LogP contribution in [0.15, 0.2) is 16.6 Å². The van der Waals surface area contributed by atoms with Crippen LogP contribution >= 0.6 is 15.9 Å². The zero-order chi connectivity index (χ0) is 10.9. The predicted octanol–water partition coefficient (Wildman–Crippen LogP) is 4.16. The Hall–Kier alpha value is -1.09. The van der Waals surface area contributed by atoms with Gasteiger partial charge in [-0.2, -0.15) is 13.2 Å². The molecule has 0 amide bonds. The lowest BCUT2D eigenvalue weighted by Gasteiger charge is -2.08. The number of hydrogen-bond acceptors (Lipinski definition) is 0. The van der Waals surface area contributed by atoms with E-state index >= 15 is 0 Å². The van der Waals surface area contributed by atoms with Crippen molar-refractivity contribution in [3.8, 4) is 0 Å². The fourth-order valence-electron chi connectivity index (χ4n) is 0.820. The molecule has 0 heterocycles. The van der Waals surface area contributed by atoms with Crippen molar-refractivity contribution in [3.05, 3.63) is 39.4 Å². The largest absolute Gasteiger partial charge is 0.415 e. The van der Waals surface area contributed by atoms with Crippen molar-refractivity contribution >= 4 is 21.6 Å². The molecule has 0 saturated carbocycles. The standard InChI is InChI=1S/C8H2BrF4N/c1-14-6-3-4(8(11,12)13)2-5(9)7(6)10/h2-3H. The van der Waals surface area contributed by atoms with E-state index in [0.717, 1.165) is 0 Å². The van der Waals surface area contributed by atoms with Crippen LogP contribution in [0.3, 0.4) is 0 Å². The molecule has 1 aromatic rings. The van der Waals surface area contributed by atoms with Gasteiger partial charge in [-0.25, -0.2) is 9.24 Å². The zero-order valence-corrected chi connectivity index (χ0v) is 8.08. The first-order valence-corrected chi connectivity index (χ1v) is 4.09. The molecule has 0 fully saturated rings. The topological polar surface area (TPSA) is 4.36 Å². The molecule has 0 spiro atoms. The van der Waals surface area contributed by atoms with Crippen molar-refractivity contribution in [1.29, 1.82) is 0 Å². The normalized spacial score (nSPS) is 11.1. The van der Waals surface area contributed by atoms with E-state index < -0.39 is 23.2 Å². The number of benzene rings is 1. The SMILES string of the molecule is [C-]#[N+]c1cc(C(F)(F)F)cc(Br)c1F. The van der Waals surface area contributed by atoms with Crippen LogP contribution in [0.25, 0.3) is 4.85 Å². The van der Waals surface area contributed by atoms with Gasteiger partial charge < -0.3 is 0 Å². The highest BCUT2D eigenvalue weighted by atomic mass is 79.9. The molecule has 14 heavy (non-hydrogen) atoms. The van der Waals surface area contributed by atoms with Crippen molar-refractivity contribution in [2.24, 2.45) is 0 Å². The van der Waals surface area contributed by atoms with Crippen LogP contribution in [-0.4, -0.2) is 0 Å². The van der Waals surface area contributed by atoms with E-state index in [0.29, 0.717) is 12.1 Å². The van der Waals surface area contributed by atoms with E-state index in [-0.39, 0.29) is 4.47 Å². The van der Waals surface area contributed by atoms with E-state index in [1.807, 2.05) is 0 Å². The third kappa shape index (κ3) is 2.04. The number of hydrogen-bond donors (Lipinski definition) is 0. The molecule has 0 unspecified atom stereocenters. The Morgan fingerprint density at radius 2 is 1.86 bits per heavy atom. The molecule has 0 aromatic heterocycles. The summed E-state index contributed by atoms with van der Waals surface area (Å²) in [6, 6.07) is 1.08. The summed E-state index contributed by atoms with van der Waals surface area (Å²) in [6.45, 7) is 6.48. The molecule has 1 nitrogen and oxygen atoms in total. The maximum atomic E-state index is 12.9. The van der Waals surface area contributed by atoms with Gasteiger partial charge in [0.15, 0.2) is 0 Å². The van der Waals surface area contributed by atoms with Gasteiger partial charge in [0.1, 0.15) is 5.82 Å². The van der Waals surface area contributed by atoms with Crippen LogP contribution in [0.1, 0.15) is 5.56 Å². The van der Waals surface area contributed by atoms with Crippen LogP contribution < -0.4 is 0 Å². The summed E-state index contributed by atoms with van der Waals surface area (Å²) >= 11 is 2.61. The lowest BCUT2D eigenvalue weighted by Crippen LogP contribution is -2.04. The van der Waals surface area contributed by atoms with Crippen LogP contribution in [0.2, 0.25) is 0 Å². The second-order valence-corrected chi connectivity index (χ2v) is 3.26. The van der Waals surface area contributed by atoms with E-state index in [1.165, 1.54) is 0 Å². The molecule has 0 bridgehead atoms. The fraction of sp³-hybridized carbons (Fsp3) is 0.125. The van der Waals surface area contributed by atoms with E-state index in [4.69, 9.17) is 6.57 Å². The second kappa shape index (κ2) is 3.58. The first-order chi connectivity index (χ1) is 6.36. The highest BCUT2D eigenvalue weighted by Crippen LogP contribution is 2.36. The number of alkyl halides is 3. The highest BCUT2D eigenvalue weighted by molar-refractivity contribution is 9.10. The third-order valence-corrected chi connectivity index (χ3v) is 2.03. The minimum absolute atomic E-state index is 0.363. The number of halogens is 5. The Morgan fingerprint density at radius 1 is 1.29 bits per heavy atom. The second-order valence-electron chi connectivity index (χ2n) is 2.40. The van der Waals surface area contributed by atoms with Crippen molar-refractivity contribution in [2.45, 2.75) is 6.18 Å². The molecular weight excluding hydrogens is 266 g/mol. The zero-order valence-electron chi connectivity index (χ0n) is 6.49. The van der Waals surface area contributed by atoms with Gasteiger partial charge in [-0.15, -0.1) is 0 Å². The Bertz CT molecular complexity index is 405. The Balaban J connectivity index is 3.40. The molecule has 6 heteroatoms. The number of rotatable bonds is 0. The summed E-state index contributed by atoms with van der Waals surface area (Å²) in [4.78, 5) is 2.65. The summed E-state index contributed by atoms with van der Waals surface area (Å²) in [7, 11) is 0. The van der Waals surface area contributed by atoms with Gasteiger partial charge >= 0.3 is 6.18 Å². The van der Waals surface area contributed by atoms with E-state index in [1.54, 1.807) is 0 Å². The van der Waals surface area contributed by atoms with Gasteiger partial charge in [-0.1, -0.05) is 0 Å². The van der Waals surface area contributed by atoms with Crippen molar-refractivity contribution in [1.82, 2.24) is 0 Å². The molecule has 0 saturated heterocycles. The van der Waals surface area contributed by atoms with Crippen LogP contribution in [0, 0.1) is 12.4 Å². The van der Waals surface area contributed by atoms with Crippen LogP contribution in [0.5, 0.6) is 0 Å². The third-order valence-electron chi connectivity index (χ3n) is 1.46. The van der Waals surface area contributed by atoms with Gasteiger partial charge in [0, 0.05) is 10.0 Å². The Kier molecular flexibility index (Phi) is 2.81. The fourth-order valence-corrected chi connectivity index (χ4v) is 1.27. The van der Waals surface area contributed by atoms with Crippen molar-refractivity contribution < 1.29 is 17.6 Å². The Labute approximate surface area is 85.3 Å². The summed E-state index contributed by atoms with van der Waals surface area (Å²) in [5.74, 6) is -0.979. The van der Waals surface area contributed by atoms with Crippen LogP contribution in [-0.2, 0) is 6.18 Å². The lowest BCUT2D eigenvalue weighted by molar-refractivity contribution is -0.137. The summed E-state index contributed by atoms with van der Waals surface area (Å²) in [6.07, 6.45) is -4.57. The smallest absolute Gasteiger partial charge is 0.235 e. The van der Waals surface area contributed by atoms with Gasteiger partial charge in [0.25, 0.3) is 0 Å². The molecule has 0 aliphatic rings. The van der Waals surface area contributed by atoms with Gasteiger partial charge in [-0.05, 0) is 28.1 Å². The average molecular weight is 268 g/mol. The first kappa shape index (κ1) is 11.0. The predicted molar refractivity (Wildman–Crippen MR) is 45.4 cm³/mol. The van der Waals surface area contributed by atoms with Crippen molar-refractivity contribution in [3.63, 3.8) is 0 Å². The van der Waals surface area contributed by atoms with Gasteiger partial charge in [0.05, 0.1) is 6.57 Å². The number of nitrogens with zero attached hydrogens (tertiary/aromatic N) is 1. The molecule has 0 N–H and O–H groups in total. The van der Waals surface area contributed by atoms with E-state index in [2.05, 4.69) is 20.8 Å². The minimum atomic E-state index is -4.57. The van der Waals surface area contributed by atoms with Crippen LogP contribution in [0.4, 0.5) is 23.2 Å². The quantitative estimate of drug-likeness (QED) is 0.491. The maximum Gasteiger partial charge on any atom is 0.415 e. The first-order valence-electron chi connectivity index (χ1n) is 3.30. The average Bonchev–Trinajstić information content (AvgIpc) is 2.07. The van der Waals surface area contributed by atoms with Gasteiger partial charge in [0.2, 0.25) is 5.69 Å². The van der Waals surface area contributed by atoms with Crippen molar-refractivity contribution in [2.75, 3.05) is 0 Å². The molecule has 0 atom stereocenters. The molecule has 0 radical (unpaired) electrons. The monoisotopic (exact) mass is 267 g/mol. The van der Waals surface area contributed by atoms with Gasteiger partial charge in [-0.3, -0.25) is 0 Å². The molecule has 74 valence electrons. The lowest BCUT2D eigenvalue weighted by atomic mass is 10.2. The maximum absolute atomic E-state index is 12.9. The summed E-state index contributed by atoms with van der Waals surface area (Å²) in [5.41, 5.74) is -1.69. The minimum Gasteiger partial charge on any atom is -0.235 e. The molecule has 1 aromatic carbocycles. The highest BCUT2D eigenvalue weighted by Gasteiger charge is 2.31. The summed E-state index contributed by atoms with van der Waals surface area (Å²) < 4.78 is 49.1. The molecular formula is C8H2BrF4N. The molecule has 0 aliphatic heterocycles. The molecule has 1 rings (SSSR count). The van der Waals surface area contributed by atoms with E-state index in [9.17, 15) is 17.6 Å². The molecule has 0 aliphatic carbocycles. The Morgan fingerprint density at radius 3 is 2.29 bits per heavy atom.